The van der Waals surface area contributed by atoms with Crippen LogP contribution in [0.2, 0.25) is 0 Å². The molecular formula is C9H13N3O2. The highest BCUT2D eigenvalue weighted by Crippen LogP contribution is 2.08. The zero-order valence-electron chi connectivity index (χ0n) is 8.21. The number of aliphatic carboxylic acids is 1. The third-order valence-electron chi connectivity index (χ3n) is 1.74. The van der Waals surface area contributed by atoms with E-state index < -0.39 is 5.97 Å². The number of hydrogen-bond acceptors (Lipinski definition) is 4. The molecule has 0 amide bonds. The van der Waals surface area contributed by atoms with Gasteiger partial charge in [-0.3, -0.25) is 4.79 Å². The second-order valence-electron chi connectivity index (χ2n) is 3.16. The summed E-state index contributed by atoms with van der Waals surface area (Å²) >= 11 is 0. The molecule has 0 atom stereocenters. The molecule has 0 bridgehead atoms. The van der Waals surface area contributed by atoms with Crippen molar-refractivity contribution in [3.05, 3.63) is 18.5 Å². The first kappa shape index (κ1) is 10.4. The van der Waals surface area contributed by atoms with Crippen molar-refractivity contribution >= 4 is 11.9 Å². The molecule has 14 heavy (non-hydrogen) atoms. The quantitative estimate of drug-likeness (QED) is 0.768. The maximum atomic E-state index is 10.6. The van der Waals surface area contributed by atoms with Gasteiger partial charge in [-0.2, -0.15) is 0 Å². The van der Waals surface area contributed by atoms with Crippen LogP contribution in [0.25, 0.3) is 0 Å². The minimum atomic E-state index is -0.883. The highest BCUT2D eigenvalue weighted by atomic mass is 16.4. The van der Waals surface area contributed by atoms with Crippen molar-refractivity contribution in [1.29, 1.82) is 0 Å². The van der Waals surface area contributed by atoms with Crippen LogP contribution in [0.1, 0.15) is 13.8 Å². The van der Waals surface area contributed by atoms with Gasteiger partial charge in [0, 0.05) is 18.4 Å². The molecule has 0 saturated carbocycles. The van der Waals surface area contributed by atoms with Gasteiger partial charge in [0.2, 0.25) is 5.95 Å². The fraction of sp³-hybridized carbons (Fsp3) is 0.444. The summed E-state index contributed by atoms with van der Waals surface area (Å²) in [5.41, 5.74) is 0. The highest BCUT2D eigenvalue weighted by Gasteiger charge is 2.15. The van der Waals surface area contributed by atoms with E-state index in [0.29, 0.717) is 5.95 Å². The largest absolute Gasteiger partial charge is 0.480 e. The van der Waals surface area contributed by atoms with Crippen molar-refractivity contribution in [1.82, 2.24) is 9.97 Å². The SMILES string of the molecule is CC(C)N(CC(=O)O)c1ncccn1. The topological polar surface area (TPSA) is 66.3 Å². The zero-order chi connectivity index (χ0) is 10.6. The summed E-state index contributed by atoms with van der Waals surface area (Å²) in [4.78, 5) is 20.2. The van der Waals surface area contributed by atoms with Crippen LogP contribution in [-0.2, 0) is 4.79 Å². The Balaban J connectivity index is 2.83. The van der Waals surface area contributed by atoms with Crippen molar-refractivity contribution in [3.63, 3.8) is 0 Å². The normalized spacial score (nSPS) is 10.2. The van der Waals surface area contributed by atoms with Gasteiger partial charge >= 0.3 is 5.97 Å². The molecule has 0 unspecified atom stereocenters. The molecule has 1 aromatic rings. The van der Waals surface area contributed by atoms with E-state index in [-0.39, 0.29) is 12.6 Å². The molecule has 1 rings (SSSR count). The van der Waals surface area contributed by atoms with Gasteiger partial charge in [0.1, 0.15) is 6.54 Å². The Morgan fingerprint density at radius 2 is 2.07 bits per heavy atom. The Morgan fingerprint density at radius 1 is 1.50 bits per heavy atom. The van der Waals surface area contributed by atoms with Crippen molar-refractivity contribution in [2.24, 2.45) is 0 Å². The Morgan fingerprint density at radius 3 is 2.50 bits per heavy atom. The Kier molecular flexibility index (Phi) is 3.39. The van der Waals surface area contributed by atoms with E-state index in [1.165, 1.54) is 0 Å². The van der Waals surface area contributed by atoms with Gasteiger partial charge in [0.05, 0.1) is 0 Å². The molecule has 0 aliphatic rings. The van der Waals surface area contributed by atoms with Crippen LogP contribution < -0.4 is 4.90 Å². The van der Waals surface area contributed by atoms with Crippen molar-refractivity contribution < 1.29 is 9.90 Å². The molecule has 0 spiro atoms. The summed E-state index contributed by atoms with van der Waals surface area (Å²) in [5.74, 6) is -0.434. The van der Waals surface area contributed by atoms with Gasteiger partial charge in [-0.1, -0.05) is 0 Å². The lowest BCUT2D eigenvalue weighted by atomic mass is 10.3. The summed E-state index contributed by atoms with van der Waals surface area (Å²) in [5, 5.41) is 8.70. The van der Waals surface area contributed by atoms with Crippen LogP contribution >= 0.6 is 0 Å². The minimum Gasteiger partial charge on any atom is -0.480 e. The second-order valence-corrected chi connectivity index (χ2v) is 3.16. The lowest BCUT2D eigenvalue weighted by molar-refractivity contribution is -0.135. The van der Waals surface area contributed by atoms with Gasteiger partial charge < -0.3 is 10.0 Å². The first-order valence-corrected chi connectivity index (χ1v) is 4.36. The molecule has 0 aromatic carbocycles. The molecule has 1 N–H and O–H groups in total. The van der Waals surface area contributed by atoms with Gasteiger partial charge in [0.25, 0.3) is 0 Å². The molecule has 0 aliphatic heterocycles. The van der Waals surface area contributed by atoms with Crippen LogP contribution in [0.4, 0.5) is 5.95 Å². The van der Waals surface area contributed by atoms with Crippen LogP contribution in [0, 0.1) is 0 Å². The lowest BCUT2D eigenvalue weighted by Crippen LogP contribution is -2.36. The van der Waals surface area contributed by atoms with Gasteiger partial charge in [-0.05, 0) is 19.9 Å². The van der Waals surface area contributed by atoms with Crippen LogP contribution in [0.3, 0.4) is 0 Å². The van der Waals surface area contributed by atoms with Gasteiger partial charge in [-0.25, -0.2) is 9.97 Å². The summed E-state index contributed by atoms with van der Waals surface area (Å²) in [6.07, 6.45) is 3.19. The lowest BCUT2D eigenvalue weighted by Gasteiger charge is -2.24. The first-order chi connectivity index (χ1) is 6.61. The third-order valence-corrected chi connectivity index (χ3v) is 1.74. The molecule has 5 heteroatoms. The van der Waals surface area contributed by atoms with Crippen LogP contribution in [0.5, 0.6) is 0 Å². The predicted molar refractivity (Wildman–Crippen MR) is 52.1 cm³/mol. The van der Waals surface area contributed by atoms with E-state index in [9.17, 15) is 4.79 Å². The van der Waals surface area contributed by atoms with E-state index in [2.05, 4.69) is 9.97 Å². The monoisotopic (exact) mass is 195 g/mol. The Labute approximate surface area is 82.4 Å². The fourth-order valence-electron chi connectivity index (χ4n) is 1.07. The average Bonchev–Trinajstić information content (AvgIpc) is 2.15. The fourth-order valence-corrected chi connectivity index (χ4v) is 1.07. The maximum absolute atomic E-state index is 10.6. The maximum Gasteiger partial charge on any atom is 0.323 e. The number of nitrogens with zero attached hydrogens (tertiary/aromatic N) is 3. The minimum absolute atomic E-state index is 0.0634. The van der Waals surface area contributed by atoms with E-state index in [1.807, 2.05) is 13.8 Å². The van der Waals surface area contributed by atoms with E-state index in [4.69, 9.17) is 5.11 Å². The second kappa shape index (κ2) is 4.55. The summed E-state index contributed by atoms with van der Waals surface area (Å²) in [6, 6.07) is 1.76. The predicted octanol–water partition coefficient (Wildman–Crippen LogP) is 0.776. The number of carboxylic acid groups (broad SMARTS) is 1. The standard InChI is InChI=1S/C9H13N3O2/c1-7(2)12(6-8(13)14)9-10-4-3-5-11-9/h3-5,7H,6H2,1-2H3,(H,13,14). The highest BCUT2D eigenvalue weighted by molar-refractivity contribution is 5.72. The van der Waals surface area contributed by atoms with Crippen LogP contribution in [-0.4, -0.2) is 33.6 Å². The van der Waals surface area contributed by atoms with Crippen molar-refractivity contribution in [2.45, 2.75) is 19.9 Å². The molecule has 5 nitrogen and oxygen atoms in total. The smallest absolute Gasteiger partial charge is 0.323 e. The average molecular weight is 195 g/mol. The summed E-state index contributed by atoms with van der Waals surface area (Å²) in [6.45, 7) is 3.72. The van der Waals surface area contributed by atoms with E-state index in [1.54, 1.807) is 23.4 Å². The number of carbonyl (C=O) groups is 1. The first-order valence-electron chi connectivity index (χ1n) is 4.36. The van der Waals surface area contributed by atoms with Gasteiger partial charge in [-0.15, -0.1) is 0 Å². The number of carboxylic acids is 1. The molecule has 76 valence electrons. The van der Waals surface area contributed by atoms with E-state index in [0.717, 1.165) is 0 Å². The number of aromatic nitrogens is 2. The summed E-state index contributed by atoms with van der Waals surface area (Å²) < 4.78 is 0. The molecule has 0 saturated heterocycles. The summed E-state index contributed by atoms with van der Waals surface area (Å²) in [7, 11) is 0. The van der Waals surface area contributed by atoms with E-state index >= 15 is 0 Å². The van der Waals surface area contributed by atoms with Crippen LogP contribution in [0.15, 0.2) is 18.5 Å². The number of hydrogen-bond donors (Lipinski definition) is 1. The zero-order valence-corrected chi connectivity index (χ0v) is 8.21. The van der Waals surface area contributed by atoms with Crippen molar-refractivity contribution in [2.75, 3.05) is 11.4 Å². The van der Waals surface area contributed by atoms with Gasteiger partial charge in [0.15, 0.2) is 0 Å². The molecule has 1 heterocycles. The van der Waals surface area contributed by atoms with Crippen molar-refractivity contribution in [3.8, 4) is 0 Å². The molecule has 1 aromatic heterocycles. The molecule has 0 fully saturated rings. The molecule has 0 aliphatic carbocycles. The third kappa shape index (κ3) is 2.69. The Hall–Kier alpha value is -1.65. The number of rotatable bonds is 4. The molecular weight excluding hydrogens is 182 g/mol. The number of anilines is 1. The molecule has 0 radical (unpaired) electrons. The Bertz CT molecular complexity index is 300.